The second-order valence-corrected chi connectivity index (χ2v) is 5.32. The van der Waals surface area contributed by atoms with Crippen molar-refractivity contribution in [2.45, 2.75) is 12.4 Å². The molecule has 2 aromatic carbocycles. The number of anilines is 2. The first-order valence-corrected chi connectivity index (χ1v) is 7.43. The third kappa shape index (κ3) is 6.07. The highest BCUT2D eigenvalue weighted by Gasteiger charge is 2.37. The van der Waals surface area contributed by atoms with E-state index in [1.54, 1.807) is 41.1 Å². The Labute approximate surface area is 153 Å². The van der Waals surface area contributed by atoms with E-state index in [0.717, 1.165) is 0 Å². The van der Waals surface area contributed by atoms with E-state index >= 15 is 0 Å². The number of benzene rings is 2. The van der Waals surface area contributed by atoms with E-state index in [4.69, 9.17) is 0 Å². The fourth-order valence-electron chi connectivity index (χ4n) is 1.99. The molecule has 0 spiro atoms. The minimum atomic E-state index is -5.05. The fourth-order valence-corrected chi connectivity index (χ4v) is 1.99. The monoisotopic (exact) mass is 406 g/mol. The smallest absolute Gasteiger partial charge is 0.307 e. The van der Waals surface area contributed by atoms with Gasteiger partial charge in [-0.15, -0.1) is 0 Å². The van der Waals surface area contributed by atoms with Crippen LogP contribution in [-0.2, 0) is 12.4 Å². The molecule has 4 N–H and O–H groups in total. The van der Waals surface area contributed by atoms with Gasteiger partial charge in [-0.05, 0) is 30.3 Å². The summed E-state index contributed by atoms with van der Waals surface area (Å²) in [6, 6.07) is 6.48. The van der Waals surface area contributed by atoms with Crippen molar-refractivity contribution >= 4 is 23.4 Å². The van der Waals surface area contributed by atoms with Gasteiger partial charge in [0, 0.05) is 11.4 Å². The number of para-hydroxylation sites is 1. The van der Waals surface area contributed by atoms with E-state index in [-0.39, 0.29) is 6.07 Å². The number of alkyl halides is 6. The van der Waals surface area contributed by atoms with Crippen molar-refractivity contribution in [2.24, 2.45) is 0 Å². The minimum Gasteiger partial charge on any atom is -0.307 e. The largest absolute Gasteiger partial charge is 0.416 e. The molecule has 0 aliphatic rings. The Morgan fingerprint density at radius 1 is 0.643 bits per heavy atom. The van der Waals surface area contributed by atoms with Crippen LogP contribution in [-0.4, -0.2) is 12.1 Å². The second kappa shape index (κ2) is 8.06. The maximum atomic E-state index is 12.8. The first-order chi connectivity index (χ1) is 12.9. The molecule has 0 radical (unpaired) electrons. The topological polar surface area (TPSA) is 82.3 Å². The molecule has 0 unspecified atom stereocenters. The van der Waals surface area contributed by atoms with E-state index in [1.807, 2.05) is 5.43 Å². The van der Waals surface area contributed by atoms with Crippen LogP contribution in [0.1, 0.15) is 11.1 Å². The van der Waals surface area contributed by atoms with Crippen molar-refractivity contribution in [3.8, 4) is 0 Å². The van der Waals surface area contributed by atoms with Crippen molar-refractivity contribution in [2.75, 3.05) is 10.6 Å². The molecule has 0 aromatic heterocycles. The van der Waals surface area contributed by atoms with Crippen LogP contribution in [0.4, 0.5) is 47.3 Å². The van der Waals surface area contributed by atoms with Gasteiger partial charge in [0.2, 0.25) is 0 Å². The Morgan fingerprint density at radius 3 is 1.50 bits per heavy atom. The van der Waals surface area contributed by atoms with Gasteiger partial charge >= 0.3 is 24.4 Å². The van der Waals surface area contributed by atoms with Crippen molar-refractivity contribution in [1.29, 1.82) is 0 Å². The Kier molecular flexibility index (Phi) is 6.01. The van der Waals surface area contributed by atoms with Gasteiger partial charge in [0.15, 0.2) is 0 Å². The number of amides is 4. The predicted molar refractivity (Wildman–Crippen MR) is 87.2 cm³/mol. The number of carbonyl (C=O) groups excluding carboxylic acids is 2. The van der Waals surface area contributed by atoms with Gasteiger partial charge in [-0.25, -0.2) is 20.4 Å². The highest BCUT2D eigenvalue weighted by molar-refractivity contribution is 5.94. The Hall–Kier alpha value is -3.44. The lowest BCUT2D eigenvalue weighted by atomic mass is 10.1. The SMILES string of the molecule is O=C(NNC(=O)Nc1cc(C(F)(F)F)cc(C(F)(F)F)c1)Nc1ccccc1. The molecule has 0 bridgehead atoms. The second-order valence-electron chi connectivity index (χ2n) is 5.32. The van der Waals surface area contributed by atoms with Gasteiger partial charge in [0.05, 0.1) is 11.1 Å². The number of hydrogen-bond acceptors (Lipinski definition) is 2. The molecule has 2 aromatic rings. The molecule has 6 nitrogen and oxygen atoms in total. The molecule has 0 fully saturated rings. The summed E-state index contributed by atoms with van der Waals surface area (Å²) in [5, 5.41) is 4.12. The number of halogens is 6. The predicted octanol–water partition coefficient (Wildman–Crippen LogP) is 4.58. The molecular weight excluding hydrogens is 394 g/mol. The van der Waals surface area contributed by atoms with Crippen molar-refractivity contribution in [3.63, 3.8) is 0 Å². The maximum Gasteiger partial charge on any atom is 0.416 e. The molecule has 0 saturated carbocycles. The zero-order valence-corrected chi connectivity index (χ0v) is 13.7. The van der Waals surface area contributed by atoms with E-state index in [2.05, 4.69) is 5.32 Å². The quantitative estimate of drug-likeness (QED) is 0.435. The molecule has 0 atom stereocenters. The first kappa shape index (κ1) is 20.9. The highest BCUT2D eigenvalue weighted by Crippen LogP contribution is 2.37. The van der Waals surface area contributed by atoms with Crippen LogP contribution >= 0.6 is 0 Å². The number of hydrogen-bond donors (Lipinski definition) is 4. The molecule has 4 amide bonds. The molecule has 2 rings (SSSR count). The number of nitrogens with one attached hydrogen (secondary N) is 4. The van der Waals surface area contributed by atoms with Crippen LogP contribution in [0.15, 0.2) is 48.5 Å². The Bertz CT molecular complexity index is 820. The molecular formula is C16H12F6N4O2. The minimum absolute atomic E-state index is 0.0748. The van der Waals surface area contributed by atoms with Crippen LogP contribution < -0.4 is 21.5 Å². The lowest BCUT2D eigenvalue weighted by molar-refractivity contribution is -0.143. The summed E-state index contributed by atoms with van der Waals surface area (Å²) in [6.07, 6.45) is -10.1. The van der Waals surface area contributed by atoms with Crippen LogP contribution in [0.25, 0.3) is 0 Å². The summed E-state index contributed by atoms with van der Waals surface area (Å²) in [5.74, 6) is 0. The molecule has 0 heterocycles. The summed E-state index contributed by atoms with van der Waals surface area (Å²) < 4.78 is 76.6. The Balaban J connectivity index is 2.03. The summed E-state index contributed by atoms with van der Waals surface area (Å²) >= 11 is 0. The van der Waals surface area contributed by atoms with Crippen molar-refractivity contribution in [3.05, 3.63) is 59.7 Å². The van der Waals surface area contributed by atoms with Gasteiger partial charge in [0.1, 0.15) is 0 Å². The third-order valence-corrected chi connectivity index (χ3v) is 3.17. The van der Waals surface area contributed by atoms with E-state index in [0.29, 0.717) is 17.8 Å². The standard InChI is InChI=1S/C16H12F6N4O2/c17-15(18,19)9-6-10(16(20,21)22)8-12(7-9)24-14(28)26-25-13(27)23-11-4-2-1-3-5-11/h1-8H,(H2,23,25,27)(H2,24,26,28). The van der Waals surface area contributed by atoms with Crippen LogP contribution in [0.3, 0.4) is 0 Å². The lowest BCUT2D eigenvalue weighted by Gasteiger charge is -2.15. The van der Waals surface area contributed by atoms with Crippen LogP contribution in [0.2, 0.25) is 0 Å². The molecule has 150 valence electrons. The number of hydrazine groups is 1. The average molecular weight is 406 g/mol. The summed E-state index contributed by atoms with van der Waals surface area (Å²) in [7, 11) is 0. The maximum absolute atomic E-state index is 12.8. The molecule has 0 saturated heterocycles. The van der Waals surface area contributed by atoms with Crippen LogP contribution in [0.5, 0.6) is 0 Å². The lowest BCUT2D eigenvalue weighted by Crippen LogP contribution is -2.45. The van der Waals surface area contributed by atoms with Crippen LogP contribution in [0, 0.1) is 0 Å². The zero-order chi connectivity index (χ0) is 20.9. The number of urea groups is 2. The normalized spacial score (nSPS) is 11.5. The molecule has 28 heavy (non-hydrogen) atoms. The van der Waals surface area contributed by atoms with Gasteiger partial charge < -0.3 is 10.6 Å². The zero-order valence-electron chi connectivity index (χ0n) is 13.7. The summed E-state index contributed by atoms with van der Waals surface area (Å²) in [5.41, 5.74) is 0.121. The van der Waals surface area contributed by atoms with Gasteiger partial charge in [-0.3, -0.25) is 0 Å². The average Bonchev–Trinajstić information content (AvgIpc) is 2.59. The van der Waals surface area contributed by atoms with Gasteiger partial charge in [0.25, 0.3) is 0 Å². The fraction of sp³-hybridized carbons (Fsp3) is 0.125. The van der Waals surface area contributed by atoms with E-state index in [9.17, 15) is 35.9 Å². The van der Waals surface area contributed by atoms with E-state index < -0.39 is 41.2 Å². The van der Waals surface area contributed by atoms with Crippen molar-refractivity contribution in [1.82, 2.24) is 10.9 Å². The van der Waals surface area contributed by atoms with Gasteiger partial charge in [-0.2, -0.15) is 26.3 Å². The number of rotatable bonds is 2. The highest BCUT2D eigenvalue weighted by atomic mass is 19.4. The molecule has 12 heteroatoms. The van der Waals surface area contributed by atoms with Crippen molar-refractivity contribution < 1.29 is 35.9 Å². The summed E-state index contributed by atoms with van der Waals surface area (Å²) in [6.45, 7) is 0. The molecule has 0 aliphatic heterocycles. The summed E-state index contributed by atoms with van der Waals surface area (Å²) in [4.78, 5) is 23.2. The number of carbonyl (C=O) groups is 2. The molecule has 0 aliphatic carbocycles. The van der Waals surface area contributed by atoms with E-state index in [1.165, 1.54) is 0 Å². The Morgan fingerprint density at radius 2 is 1.07 bits per heavy atom. The van der Waals surface area contributed by atoms with Gasteiger partial charge in [-0.1, -0.05) is 18.2 Å². The third-order valence-electron chi connectivity index (χ3n) is 3.17. The first-order valence-electron chi connectivity index (χ1n) is 7.43.